The number of aliphatic hydroxyl groups is 6. The molecule has 45 heavy (non-hydrogen) atoms. The lowest BCUT2D eigenvalue weighted by atomic mass is 9.40. The summed E-state index contributed by atoms with van der Waals surface area (Å²) < 4.78 is 25.6. The van der Waals surface area contributed by atoms with E-state index in [1.807, 2.05) is 0 Å². The van der Waals surface area contributed by atoms with Gasteiger partial charge < -0.3 is 49.6 Å². The van der Waals surface area contributed by atoms with Gasteiger partial charge in [0.2, 0.25) is 0 Å². The SMILES string of the molecule is C[C@@H]1C[C@@H]2OC3(O[C@@H]2C(C)(C)O)C(O)[C@@]2(C)[C@@H]4CC[C@H]5C(C)(C)[C@@H](O[C@@H]6OC[C@H](O)[C@H](O)[C@H]6O)CCC56CC46C[C@@H](O)[C@]2(C)[C@@H]13. The van der Waals surface area contributed by atoms with Crippen LogP contribution < -0.4 is 0 Å². The second-order valence-electron chi connectivity index (χ2n) is 18.4. The van der Waals surface area contributed by atoms with Crippen molar-refractivity contribution in [2.45, 2.75) is 160 Å². The Morgan fingerprint density at radius 3 is 2.22 bits per heavy atom. The molecule has 0 amide bonds. The standard InChI is InChI=1S/C35H56O10/c1-16-12-18-26(30(4,5)41)45-35(44-18)25(16)32(7)21(37)13-34-15-33(34)11-10-22(43-27-24(39)23(38)17(36)14-42-27)29(2,3)19(33)8-9-20(34)31(32,6)28(35)40/h16-28,36-41H,8-15H2,1-7H3/t16-,17+,18+,19+,20+,21-,22+,23+,24-,25-,26+,27+,28?,31-,32-,33?,34?,35?/m1/s1. The molecule has 5 saturated carbocycles. The summed E-state index contributed by atoms with van der Waals surface area (Å²) in [6.45, 7) is 14.5. The Kier molecular flexibility index (Phi) is 6.53. The van der Waals surface area contributed by atoms with Crippen molar-refractivity contribution < 1.29 is 49.6 Å². The van der Waals surface area contributed by atoms with Gasteiger partial charge in [0.05, 0.1) is 30.5 Å². The minimum absolute atomic E-state index is 0.0126. The minimum atomic E-state index is -1.32. The first-order chi connectivity index (χ1) is 20.8. The Balaban J connectivity index is 1.12. The molecule has 3 aliphatic heterocycles. The lowest BCUT2D eigenvalue weighted by Gasteiger charge is -2.65. The third-order valence-electron chi connectivity index (χ3n) is 15.9. The molecular weight excluding hydrogens is 580 g/mol. The van der Waals surface area contributed by atoms with Crippen LogP contribution in [0.3, 0.4) is 0 Å². The maximum atomic E-state index is 12.7. The van der Waals surface area contributed by atoms with E-state index in [9.17, 15) is 30.6 Å². The van der Waals surface area contributed by atoms with Gasteiger partial charge >= 0.3 is 0 Å². The lowest BCUT2D eigenvalue weighted by molar-refractivity contribution is -0.304. The second-order valence-corrected chi connectivity index (χ2v) is 18.4. The lowest BCUT2D eigenvalue weighted by Crippen LogP contribution is -2.64. The van der Waals surface area contributed by atoms with Crippen molar-refractivity contribution in [3.8, 4) is 0 Å². The molecule has 2 bridgehead atoms. The maximum Gasteiger partial charge on any atom is 0.199 e. The molecule has 10 heteroatoms. The van der Waals surface area contributed by atoms with Crippen molar-refractivity contribution in [2.75, 3.05) is 6.61 Å². The summed E-state index contributed by atoms with van der Waals surface area (Å²) >= 11 is 0. The highest BCUT2D eigenvalue weighted by Gasteiger charge is 2.89. The average molecular weight is 637 g/mol. The van der Waals surface area contributed by atoms with Crippen LogP contribution in [0.2, 0.25) is 0 Å². The van der Waals surface area contributed by atoms with Crippen LogP contribution in [-0.4, -0.2) is 104 Å². The second kappa shape index (κ2) is 9.23. The predicted octanol–water partition coefficient (Wildman–Crippen LogP) is 2.09. The van der Waals surface area contributed by atoms with Gasteiger partial charge in [0.15, 0.2) is 12.1 Å². The molecule has 3 heterocycles. The van der Waals surface area contributed by atoms with Gasteiger partial charge in [-0.25, -0.2) is 0 Å². The smallest absolute Gasteiger partial charge is 0.199 e. The Hall–Kier alpha value is -0.400. The quantitative estimate of drug-likeness (QED) is 0.254. The summed E-state index contributed by atoms with van der Waals surface area (Å²) in [5.41, 5.74) is -2.78. The van der Waals surface area contributed by atoms with Crippen molar-refractivity contribution in [3.05, 3.63) is 0 Å². The Morgan fingerprint density at radius 2 is 1.53 bits per heavy atom. The molecule has 0 aromatic heterocycles. The van der Waals surface area contributed by atoms with E-state index in [1.165, 1.54) is 0 Å². The highest BCUT2D eigenvalue weighted by molar-refractivity contribution is 5.36. The summed E-state index contributed by atoms with van der Waals surface area (Å²) in [6.07, 6.45) is -1.40. The monoisotopic (exact) mass is 636 g/mol. The number of hydrogen-bond donors (Lipinski definition) is 6. The van der Waals surface area contributed by atoms with E-state index in [1.54, 1.807) is 13.8 Å². The zero-order chi connectivity index (χ0) is 32.5. The third kappa shape index (κ3) is 3.51. The molecule has 10 nitrogen and oxygen atoms in total. The summed E-state index contributed by atoms with van der Waals surface area (Å²) in [6, 6.07) is 0. The highest BCUT2D eigenvalue weighted by atomic mass is 16.8. The third-order valence-corrected chi connectivity index (χ3v) is 15.9. The van der Waals surface area contributed by atoms with E-state index in [-0.39, 0.29) is 52.8 Å². The molecule has 5 aliphatic carbocycles. The zero-order valence-corrected chi connectivity index (χ0v) is 28.0. The number of hydrogen-bond acceptors (Lipinski definition) is 10. The van der Waals surface area contributed by atoms with Crippen LogP contribution in [0.1, 0.15) is 93.4 Å². The van der Waals surface area contributed by atoms with Crippen LogP contribution >= 0.6 is 0 Å². The van der Waals surface area contributed by atoms with E-state index in [4.69, 9.17) is 18.9 Å². The van der Waals surface area contributed by atoms with Crippen molar-refractivity contribution in [2.24, 2.45) is 50.7 Å². The molecule has 0 aromatic carbocycles. The molecule has 0 aromatic rings. The first kappa shape index (κ1) is 31.8. The highest BCUT2D eigenvalue weighted by Crippen LogP contribution is 2.90. The van der Waals surface area contributed by atoms with E-state index in [2.05, 4.69) is 34.6 Å². The fraction of sp³-hybridized carbons (Fsp3) is 1.00. The normalized spacial score (nSPS) is 62.7. The first-order valence-corrected chi connectivity index (χ1v) is 17.6. The van der Waals surface area contributed by atoms with E-state index >= 15 is 0 Å². The molecule has 6 N–H and O–H groups in total. The molecule has 256 valence electrons. The molecule has 4 unspecified atom stereocenters. The van der Waals surface area contributed by atoms with Crippen molar-refractivity contribution in [3.63, 3.8) is 0 Å². The Bertz CT molecular complexity index is 1240. The van der Waals surface area contributed by atoms with Gasteiger partial charge in [-0.1, -0.05) is 34.6 Å². The molecule has 8 fully saturated rings. The van der Waals surface area contributed by atoms with Crippen LogP contribution in [0, 0.1) is 50.7 Å². The summed E-state index contributed by atoms with van der Waals surface area (Å²) in [7, 11) is 0. The van der Waals surface area contributed by atoms with Gasteiger partial charge in [0.1, 0.15) is 30.5 Å². The van der Waals surface area contributed by atoms with Gasteiger partial charge in [-0.3, -0.25) is 0 Å². The summed E-state index contributed by atoms with van der Waals surface area (Å²) in [5, 5.41) is 67.0. The molecular formula is C35H56O10. The fourth-order valence-electron chi connectivity index (χ4n) is 14.0. The first-order valence-electron chi connectivity index (χ1n) is 17.6. The minimum Gasteiger partial charge on any atom is -0.393 e. The van der Waals surface area contributed by atoms with Crippen LogP contribution in [0.5, 0.6) is 0 Å². The fourth-order valence-corrected chi connectivity index (χ4v) is 14.0. The largest absolute Gasteiger partial charge is 0.393 e. The van der Waals surface area contributed by atoms with Crippen molar-refractivity contribution in [1.29, 1.82) is 0 Å². The van der Waals surface area contributed by atoms with Gasteiger partial charge in [-0.15, -0.1) is 0 Å². The Labute approximate surface area is 266 Å². The average Bonchev–Trinajstić information content (AvgIpc) is 3.44. The van der Waals surface area contributed by atoms with E-state index in [0.717, 1.165) is 38.5 Å². The molecule has 8 aliphatic rings. The van der Waals surface area contributed by atoms with Crippen LogP contribution in [-0.2, 0) is 18.9 Å². The van der Waals surface area contributed by atoms with E-state index in [0.29, 0.717) is 12.3 Å². The summed E-state index contributed by atoms with van der Waals surface area (Å²) in [5.74, 6) is -0.820. The van der Waals surface area contributed by atoms with Gasteiger partial charge in [0.25, 0.3) is 0 Å². The van der Waals surface area contributed by atoms with Crippen LogP contribution in [0.15, 0.2) is 0 Å². The van der Waals surface area contributed by atoms with Gasteiger partial charge in [0, 0.05) is 16.7 Å². The van der Waals surface area contributed by atoms with E-state index < -0.39 is 65.1 Å². The van der Waals surface area contributed by atoms with Crippen LogP contribution in [0.4, 0.5) is 0 Å². The Morgan fingerprint density at radius 1 is 0.844 bits per heavy atom. The van der Waals surface area contributed by atoms with Gasteiger partial charge in [-0.05, 0) is 92.8 Å². The molecule has 0 radical (unpaired) electrons. The summed E-state index contributed by atoms with van der Waals surface area (Å²) in [4.78, 5) is 0. The van der Waals surface area contributed by atoms with Crippen molar-refractivity contribution >= 4 is 0 Å². The molecule has 18 atom stereocenters. The number of ether oxygens (including phenoxy) is 4. The number of rotatable bonds is 3. The molecule has 3 saturated heterocycles. The van der Waals surface area contributed by atoms with Crippen molar-refractivity contribution in [1.82, 2.24) is 0 Å². The van der Waals surface area contributed by atoms with Gasteiger partial charge in [-0.2, -0.15) is 0 Å². The topological polar surface area (TPSA) is 158 Å². The molecule has 3 spiro atoms. The maximum absolute atomic E-state index is 12.7. The zero-order valence-electron chi connectivity index (χ0n) is 28.0. The number of aliphatic hydroxyl groups excluding tert-OH is 5. The van der Waals surface area contributed by atoms with Crippen LogP contribution in [0.25, 0.3) is 0 Å². The number of fused-ring (bicyclic) bond motifs is 4. The predicted molar refractivity (Wildman–Crippen MR) is 160 cm³/mol. The molecule has 8 rings (SSSR count).